The van der Waals surface area contributed by atoms with Crippen LogP contribution in [-0.4, -0.2) is 18.1 Å². The molecule has 0 spiro atoms. The van der Waals surface area contributed by atoms with Crippen molar-refractivity contribution >= 4 is 11.8 Å². The second kappa shape index (κ2) is 6.05. The molecule has 0 bridgehead atoms. The molecular formula is C8H17OS. The fourth-order valence-electron chi connectivity index (χ4n) is 0.521. The maximum Gasteiger partial charge on any atom is 0.0912 e. The minimum absolute atomic E-state index is 0.0650. The molecule has 0 heterocycles. The number of hydrogen-bond donors (Lipinski definition) is 0. The quantitative estimate of drug-likeness (QED) is 0.567. The van der Waals surface area contributed by atoms with Crippen molar-refractivity contribution in [1.29, 1.82) is 0 Å². The average molecular weight is 161 g/mol. The lowest BCUT2D eigenvalue weighted by atomic mass is 10.0. The highest BCUT2D eigenvalue weighted by molar-refractivity contribution is 7.99. The van der Waals surface area contributed by atoms with E-state index in [-0.39, 0.29) is 6.61 Å². The van der Waals surface area contributed by atoms with Crippen molar-refractivity contribution < 1.29 is 5.11 Å². The first-order chi connectivity index (χ1) is 4.68. The molecule has 10 heavy (non-hydrogen) atoms. The van der Waals surface area contributed by atoms with Gasteiger partial charge in [-0.15, -0.1) is 0 Å². The number of rotatable bonds is 5. The lowest BCUT2D eigenvalue weighted by Crippen LogP contribution is -2.07. The van der Waals surface area contributed by atoms with E-state index < -0.39 is 0 Å². The molecule has 0 aromatic heterocycles. The minimum atomic E-state index is 0.0650. The molecule has 0 aromatic rings. The fraction of sp³-hybridized carbons (Fsp3) is 1.00. The highest BCUT2D eigenvalue weighted by Crippen LogP contribution is 2.15. The van der Waals surface area contributed by atoms with E-state index in [0.29, 0.717) is 0 Å². The Labute approximate surface area is 68.2 Å². The number of thioether (sulfide) groups is 1. The van der Waals surface area contributed by atoms with Crippen LogP contribution in [0.4, 0.5) is 0 Å². The minimum Gasteiger partial charge on any atom is -0.236 e. The normalized spacial score (nSPS) is 14.1. The predicted molar refractivity (Wildman–Crippen MR) is 46.9 cm³/mol. The van der Waals surface area contributed by atoms with Gasteiger partial charge in [-0.25, -0.2) is 5.11 Å². The van der Waals surface area contributed by atoms with Crippen LogP contribution in [0.25, 0.3) is 0 Å². The van der Waals surface area contributed by atoms with E-state index in [1.165, 1.54) is 0 Å². The monoisotopic (exact) mass is 161 g/mol. The SMILES string of the molecule is CC(C)C(C)CSCC[O]. The van der Waals surface area contributed by atoms with Gasteiger partial charge in [-0.2, -0.15) is 11.8 Å². The van der Waals surface area contributed by atoms with Gasteiger partial charge in [0.1, 0.15) is 0 Å². The molecule has 0 saturated heterocycles. The number of hydrogen-bond acceptors (Lipinski definition) is 1. The standard InChI is InChI=1S/C8H17OS/c1-7(2)8(3)6-10-5-4-9/h7-8H,4-6H2,1-3H3. The lowest BCUT2D eigenvalue weighted by Gasteiger charge is -2.13. The van der Waals surface area contributed by atoms with E-state index in [1.807, 2.05) is 0 Å². The molecule has 2 heteroatoms. The molecule has 0 rings (SSSR count). The van der Waals surface area contributed by atoms with E-state index in [4.69, 9.17) is 0 Å². The smallest absolute Gasteiger partial charge is 0.0912 e. The second-order valence-corrected chi connectivity index (χ2v) is 4.15. The van der Waals surface area contributed by atoms with Crippen LogP contribution in [0.1, 0.15) is 20.8 Å². The van der Waals surface area contributed by atoms with Gasteiger partial charge in [0, 0.05) is 5.75 Å². The Bertz CT molecular complexity index is 73.7. The van der Waals surface area contributed by atoms with Crippen LogP contribution in [0.3, 0.4) is 0 Å². The molecule has 0 aromatic carbocycles. The van der Waals surface area contributed by atoms with Crippen LogP contribution in [0, 0.1) is 11.8 Å². The van der Waals surface area contributed by atoms with Crippen molar-refractivity contribution in [3.05, 3.63) is 0 Å². The second-order valence-electron chi connectivity index (χ2n) is 3.00. The van der Waals surface area contributed by atoms with Crippen LogP contribution < -0.4 is 0 Å². The summed E-state index contributed by atoms with van der Waals surface area (Å²) in [5.41, 5.74) is 0. The Morgan fingerprint density at radius 3 is 2.30 bits per heavy atom. The van der Waals surface area contributed by atoms with Gasteiger partial charge in [0.2, 0.25) is 0 Å². The molecule has 1 unspecified atom stereocenters. The van der Waals surface area contributed by atoms with Gasteiger partial charge in [-0.05, 0) is 17.6 Å². The topological polar surface area (TPSA) is 19.9 Å². The van der Waals surface area contributed by atoms with Gasteiger partial charge in [-0.1, -0.05) is 20.8 Å². The Balaban J connectivity index is 3.13. The van der Waals surface area contributed by atoms with Crippen LogP contribution >= 0.6 is 11.8 Å². The van der Waals surface area contributed by atoms with Crippen LogP contribution in [-0.2, 0) is 5.11 Å². The van der Waals surface area contributed by atoms with Crippen molar-refractivity contribution in [3.8, 4) is 0 Å². The highest BCUT2D eigenvalue weighted by Gasteiger charge is 2.05. The van der Waals surface area contributed by atoms with Crippen molar-refractivity contribution in [2.24, 2.45) is 11.8 Å². The first kappa shape index (κ1) is 10.3. The van der Waals surface area contributed by atoms with E-state index >= 15 is 0 Å². The zero-order chi connectivity index (χ0) is 7.98. The molecule has 1 nitrogen and oxygen atoms in total. The molecule has 1 atom stereocenters. The summed E-state index contributed by atoms with van der Waals surface area (Å²) in [7, 11) is 0. The van der Waals surface area contributed by atoms with Crippen LogP contribution in [0.5, 0.6) is 0 Å². The highest BCUT2D eigenvalue weighted by atomic mass is 32.2. The third kappa shape index (κ3) is 5.12. The molecule has 0 fully saturated rings. The Hall–Kier alpha value is 0.310. The summed E-state index contributed by atoms with van der Waals surface area (Å²) in [6, 6.07) is 0. The van der Waals surface area contributed by atoms with E-state index in [1.54, 1.807) is 11.8 Å². The molecule has 0 aliphatic rings. The zero-order valence-corrected chi connectivity index (χ0v) is 7.91. The molecule has 0 N–H and O–H groups in total. The molecule has 0 aliphatic carbocycles. The van der Waals surface area contributed by atoms with Crippen LogP contribution in [0.15, 0.2) is 0 Å². The summed E-state index contributed by atoms with van der Waals surface area (Å²) in [6.07, 6.45) is 0. The van der Waals surface area contributed by atoms with Gasteiger partial charge in [0.05, 0.1) is 6.61 Å². The Morgan fingerprint density at radius 2 is 1.90 bits per heavy atom. The maximum absolute atomic E-state index is 10.1. The van der Waals surface area contributed by atoms with E-state index in [0.717, 1.165) is 23.3 Å². The molecule has 0 aliphatic heterocycles. The largest absolute Gasteiger partial charge is 0.236 e. The first-order valence-electron chi connectivity index (χ1n) is 3.84. The maximum atomic E-state index is 10.1. The molecule has 61 valence electrons. The van der Waals surface area contributed by atoms with Crippen molar-refractivity contribution in [2.75, 3.05) is 18.1 Å². The van der Waals surface area contributed by atoms with Crippen LogP contribution in [0.2, 0.25) is 0 Å². The summed E-state index contributed by atoms with van der Waals surface area (Å²) < 4.78 is 0. The molecular weight excluding hydrogens is 144 g/mol. The van der Waals surface area contributed by atoms with Crippen molar-refractivity contribution in [1.82, 2.24) is 0 Å². The molecule has 0 saturated carbocycles. The molecule has 1 radical (unpaired) electrons. The van der Waals surface area contributed by atoms with Gasteiger partial charge in [0.15, 0.2) is 0 Å². The van der Waals surface area contributed by atoms with Crippen molar-refractivity contribution in [3.63, 3.8) is 0 Å². The van der Waals surface area contributed by atoms with Gasteiger partial charge in [-0.3, -0.25) is 0 Å². The third-order valence-electron chi connectivity index (χ3n) is 1.75. The summed E-state index contributed by atoms with van der Waals surface area (Å²) >= 11 is 1.78. The first-order valence-corrected chi connectivity index (χ1v) is 4.99. The average Bonchev–Trinajstić information content (AvgIpc) is 1.88. The van der Waals surface area contributed by atoms with Crippen molar-refractivity contribution in [2.45, 2.75) is 20.8 Å². The zero-order valence-electron chi connectivity index (χ0n) is 7.09. The van der Waals surface area contributed by atoms with E-state index in [2.05, 4.69) is 20.8 Å². The Morgan fingerprint density at radius 1 is 1.30 bits per heavy atom. The summed E-state index contributed by atoms with van der Waals surface area (Å²) in [5, 5.41) is 10.1. The summed E-state index contributed by atoms with van der Waals surface area (Å²) in [6.45, 7) is 6.75. The molecule has 0 amide bonds. The predicted octanol–water partition coefficient (Wildman–Crippen LogP) is 2.44. The Kier molecular flexibility index (Phi) is 6.24. The van der Waals surface area contributed by atoms with E-state index in [9.17, 15) is 5.11 Å². The van der Waals surface area contributed by atoms with Gasteiger partial charge in [0.25, 0.3) is 0 Å². The summed E-state index contributed by atoms with van der Waals surface area (Å²) in [4.78, 5) is 0. The lowest BCUT2D eigenvalue weighted by molar-refractivity contribution is 0.215. The third-order valence-corrected chi connectivity index (χ3v) is 2.96. The van der Waals surface area contributed by atoms with Gasteiger partial charge < -0.3 is 0 Å². The van der Waals surface area contributed by atoms with Gasteiger partial charge >= 0.3 is 0 Å². The summed E-state index contributed by atoms with van der Waals surface area (Å²) in [5.74, 6) is 3.41. The fourth-order valence-corrected chi connectivity index (χ4v) is 1.56.